The summed E-state index contributed by atoms with van der Waals surface area (Å²) < 4.78 is 13.1. The maximum Gasteiger partial charge on any atom is 0.407 e. The zero-order chi connectivity index (χ0) is 14.8. The van der Waals surface area contributed by atoms with Crippen molar-refractivity contribution in [3.63, 3.8) is 0 Å². The van der Waals surface area contributed by atoms with Crippen LogP contribution >= 0.6 is 0 Å². The average molecular weight is 289 g/mol. The monoisotopic (exact) mass is 289 g/mol. The lowest BCUT2D eigenvalue weighted by molar-refractivity contribution is 0.102. The van der Waals surface area contributed by atoms with Crippen molar-refractivity contribution in [2.24, 2.45) is 0 Å². The van der Waals surface area contributed by atoms with Crippen LogP contribution in [0.5, 0.6) is 0 Å². The number of pyridine rings is 1. The van der Waals surface area contributed by atoms with E-state index in [2.05, 4.69) is 9.88 Å². The molecule has 2 heterocycles. The molecule has 0 unspecified atom stereocenters. The Bertz CT molecular complexity index is 669. The summed E-state index contributed by atoms with van der Waals surface area (Å²) in [7, 11) is 0. The molecule has 21 heavy (non-hydrogen) atoms. The smallest absolute Gasteiger partial charge is 0.407 e. The van der Waals surface area contributed by atoms with E-state index in [0.717, 1.165) is 16.6 Å². The molecule has 1 fully saturated rings. The molecular weight excluding hydrogens is 273 g/mol. The topological polar surface area (TPSA) is 56.7 Å². The molecular formula is C15H16FN3O2. The van der Waals surface area contributed by atoms with Crippen molar-refractivity contribution in [3.8, 4) is 0 Å². The Morgan fingerprint density at radius 3 is 2.67 bits per heavy atom. The summed E-state index contributed by atoms with van der Waals surface area (Å²) in [6, 6.07) is 8.32. The number of halogens is 1. The number of aromatic nitrogens is 1. The highest BCUT2D eigenvalue weighted by molar-refractivity contribution is 5.78. The first kappa shape index (κ1) is 13.8. The molecule has 1 aromatic heterocycles. The van der Waals surface area contributed by atoms with Crippen molar-refractivity contribution in [1.29, 1.82) is 0 Å². The number of nitrogens with zero attached hydrogens (tertiary/aromatic N) is 3. The first-order valence-corrected chi connectivity index (χ1v) is 6.87. The van der Waals surface area contributed by atoms with E-state index in [-0.39, 0.29) is 5.82 Å². The molecule has 1 saturated heterocycles. The molecule has 5 nitrogen and oxygen atoms in total. The van der Waals surface area contributed by atoms with Crippen molar-refractivity contribution < 1.29 is 14.3 Å². The first-order valence-electron chi connectivity index (χ1n) is 6.87. The van der Waals surface area contributed by atoms with Gasteiger partial charge in [0.25, 0.3) is 0 Å². The number of rotatable bonds is 2. The van der Waals surface area contributed by atoms with E-state index in [9.17, 15) is 9.18 Å². The van der Waals surface area contributed by atoms with Gasteiger partial charge in [0, 0.05) is 38.1 Å². The van der Waals surface area contributed by atoms with Gasteiger partial charge in [-0.2, -0.15) is 0 Å². The molecule has 1 aliphatic heterocycles. The minimum absolute atomic E-state index is 0.262. The fourth-order valence-electron chi connectivity index (χ4n) is 2.55. The van der Waals surface area contributed by atoms with E-state index in [1.165, 1.54) is 17.0 Å². The number of carboxylic acid groups (broad SMARTS) is 1. The Kier molecular flexibility index (Phi) is 3.70. The maximum absolute atomic E-state index is 13.1. The van der Waals surface area contributed by atoms with Gasteiger partial charge in [0.1, 0.15) is 5.82 Å². The number of benzene rings is 1. The van der Waals surface area contributed by atoms with Crippen LogP contribution in [-0.4, -0.2) is 52.2 Å². The molecule has 1 amide bonds. The van der Waals surface area contributed by atoms with E-state index in [1.807, 2.05) is 12.1 Å². The van der Waals surface area contributed by atoms with Gasteiger partial charge in [-0.1, -0.05) is 6.07 Å². The highest BCUT2D eigenvalue weighted by Crippen LogP contribution is 2.15. The fraction of sp³-hybridized carbons (Fsp3) is 0.333. The molecule has 110 valence electrons. The average Bonchev–Trinajstić information content (AvgIpc) is 2.48. The summed E-state index contributed by atoms with van der Waals surface area (Å²) >= 11 is 0. The van der Waals surface area contributed by atoms with Crippen molar-refractivity contribution >= 4 is 17.0 Å². The standard InChI is InChI=1S/C15H16FN3O2/c16-12-2-4-14-11(9-12)1-3-13(17-14)10-18-5-7-19(8-6-18)15(20)21/h1-4,9H,5-8,10H2,(H,20,21). The number of carbonyl (C=O) groups is 1. The number of piperazine rings is 1. The molecule has 3 rings (SSSR count). The second-order valence-corrected chi connectivity index (χ2v) is 5.19. The number of hydrogen-bond donors (Lipinski definition) is 1. The third-order valence-corrected chi connectivity index (χ3v) is 3.74. The fourth-order valence-corrected chi connectivity index (χ4v) is 2.55. The zero-order valence-corrected chi connectivity index (χ0v) is 11.5. The lowest BCUT2D eigenvalue weighted by Crippen LogP contribution is -2.47. The quantitative estimate of drug-likeness (QED) is 0.920. The molecule has 0 bridgehead atoms. The summed E-state index contributed by atoms with van der Waals surface area (Å²) in [4.78, 5) is 19.0. The van der Waals surface area contributed by atoms with Crippen LogP contribution in [0.25, 0.3) is 10.9 Å². The van der Waals surface area contributed by atoms with E-state index in [0.29, 0.717) is 32.7 Å². The van der Waals surface area contributed by atoms with E-state index in [4.69, 9.17) is 5.11 Å². The summed E-state index contributed by atoms with van der Waals surface area (Å²) in [6.07, 6.45) is -0.861. The molecule has 1 aliphatic rings. The Labute approximate surface area is 121 Å². The third kappa shape index (κ3) is 3.11. The highest BCUT2D eigenvalue weighted by atomic mass is 19.1. The van der Waals surface area contributed by atoms with E-state index in [1.54, 1.807) is 6.07 Å². The number of amides is 1. The minimum atomic E-state index is -0.861. The van der Waals surface area contributed by atoms with Gasteiger partial charge in [-0.3, -0.25) is 9.88 Å². The molecule has 1 N–H and O–H groups in total. The predicted octanol–water partition coefficient (Wildman–Crippen LogP) is 2.17. The largest absolute Gasteiger partial charge is 0.465 e. The second kappa shape index (κ2) is 5.65. The Balaban J connectivity index is 1.68. The van der Waals surface area contributed by atoms with Crippen LogP contribution in [0.4, 0.5) is 9.18 Å². The van der Waals surface area contributed by atoms with Crippen LogP contribution in [0.1, 0.15) is 5.69 Å². The lowest BCUT2D eigenvalue weighted by atomic mass is 10.2. The first-order chi connectivity index (χ1) is 10.1. The van der Waals surface area contributed by atoms with Crippen LogP contribution in [0.2, 0.25) is 0 Å². The Morgan fingerprint density at radius 1 is 1.19 bits per heavy atom. The summed E-state index contributed by atoms with van der Waals surface area (Å²) in [5.41, 5.74) is 1.69. The van der Waals surface area contributed by atoms with Crippen molar-refractivity contribution in [1.82, 2.24) is 14.8 Å². The molecule has 2 aromatic rings. The Morgan fingerprint density at radius 2 is 1.95 bits per heavy atom. The molecule has 0 spiro atoms. The van der Waals surface area contributed by atoms with Gasteiger partial charge >= 0.3 is 6.09 Å². The van der Waals surface area contributed by atoms with Crippen LogP contribution in [0, 0.1) is 5.82 Å². The summed E-state index contributed by atoms with van der Waals surface area (Å²) in [5, 5.41) is 9.71. The third-order valence-electron chi connectivity index (χ3n) is 3.74. The van der Waals surface area contributed by atoms with Crippen LogP contribution in [-0.2, 0) is 6.54 Å². The van der Waals surface area contributed by atoms with Gasteiger partial charge in [-0.15, -0.1) is 0 Å². The molecule has 6 heteroatoms. The van der Waals surface area contributed by atoms with Crippen molar-refractivity contribution in [2.45, 2.75) is 6.54 Å². The molecule has 0 radical (unpaired) electrons. The second-order valence-electron chi connectivity index (χ2n) is 5.19. The number of hydrogen-bond acceptors (Lipinski definition) is 3. The SMILES string of the molecule is O=C(O)N1CCN(Cc2ccc3cc(F)ccc3n2)CC1. The summed E-state index contributed by atoms with van der Waals surface area (Å²) in [5.74, 6) is -0.262. The maximum atomic E-state index is 13.1. The Hall–Kier alpha value is -2.21. The van der Waals surface area contributed by atoms with Gasteiger partial charge in [0.05, 0.1) is 11.2 Å². The van der Waals surface area contributed by atoms with Crippen LogP contribution < -0.4 is 0 Å². The van der Waals surface area contributed by atoms with Gasteiger partial charge in [0.15, 0.2) is 0 Å². The van der Waals surface area contributed by atoms with Crippen LogP contribution in [0.15, 0.2) is 30.3 Å². The minimum Gasteiger partial charge on any atom is -0.465 e. The van der Waals surface area contributed by atoms with Crippen molar-refractivity contribution in [2.75, 3.05) is 26.2 Å². The highest BCUT2D eigenvalue weighted by Gasteiger charge is 2.20. The molecule has 0 atom stereocenters. The predicted molar refractivity (Wildman–Crippen MR) is 76.6 cm³/mol. The lowest BCUT2D eigenvalue weighted by Gasteiger charge is -2.32. The van der Waals surface area contributed by atoms with E-state index < -0.39 is 6.09 Å². The molecule has 1 aromatic carbocycles. The molecule has 0 saturated carbocycles. The molecule has 0 aliphatic carbocycles. The number of fused-ring (bicyclic) bond motifs is 1. The van der Waals surface area contributed by atoms with Crippen molar-refractivity contribution in [3.05, 3.63) is 41.8 Å². The van der Waals surface area contributed by atoms with Crippen LogP contribution in [0.3, 0.4) is 0 Å². The van der Waals surface area contributed by atoms with Gasteiger partial charge in [-0.05, 0) is 24.3 Å². The van der Waals surface area contributed by atoms with Gasteiger partial charge in [-0.25, -0.2) is 9.18 Å². The van der Waals surface area contributed by atoms with Gasteiger partial charge in [0.2, 0.25) is 0 Å². The zero-order valence-electron chi connectivity index (χ0n) is 11.5. The van der Waals surface area contributed by atoms with Gasteiger partial charge < -0.3 is 10.0 Å². The van der Waals surface area contributed by atoms with E-state index >= 15 is 0 Å². The normalized spacial score (nSPS) is 16.3. The summed E-state index contributed by atoms with van der Waals surface area (Å²) in [6.45, 7) is 3.13.